The molecule has 1 aliphatic heterocycles. The number of esters is 1. The zero-order chi connectivity index (χ0) is 36.8. The molecular formula is C40H45N5O7. The number of benzene rings is 3. The predicted octanol–water partition coefficient (Wildman–Crippen LogP) is 7.49. The zero-order valence-corrected chi connectivity index (χ0v) is 29.9. The van der Waals surface area contributed by atoms with Gasteiger partial charge in [-0.15, -0.1) is 0 Å². The molecular weight excluding hydrogens is 662 g/mol. The summed E-state index contributed by atoms with van der Waals surface area (Å²) in [5.41, 5.74) is 2.25. The van der Waals surface area contributed by atoms with Gasteiger partial charge in [-0.2, -0.15) is 0 Å². The van der Waals surface area contributed by atoms with Crippen molar-refractivity contribution in [1.29, 1.82) is 0 Å². The molecule has 4 aromatic rings. The van der Waals surface area contributed by atoms with E-state index in [1.165, 1.54) is 24.3 Å². The minimum Gasteiger partial charge on any atom is -0.457 e. The summed E-state index contributed by atoms with van der Waals surface area (Å²) in [5.74, 6) is -0.800. The number of non-ortho nitro benzene ring substituents is 1. The molecule has 1 aliphatic carbocycles. The van der Waals surface area contributed by atoms with Crippen molar-refractivity contribution >= 4 is 23.7 Å². The number of amides is 2. The van der Waals surface area contributed by atoms with E-state index in [1.807, 2.05) is 90.9 Å². The minimum atomic E-state index is -0.650. The summed E-state index contributed by atoms with van der Waals surface area (Å²) in [6.07, 6.45) is 5.33. The summed E-state index contributed by atoms with van der Waals surface area (Å²) in [4.78, 5) is 60.2. The zero-order valence-electron chi connectivity index (χ0n) is 29.9. The smallest absolute Gasteiger partial charge is 0.410 e. The van der Waals surface area contributed by atoms with Gasteiger partial charge < -0.3 is 23.8 Å². The maximum absolute atomic E-state index is 14.8. The van der Waals surface area contributed by atoms with Crippen molar-refractivity contribution in [1.82, 2.24) is 19.4 Å². The molecule has 12 heteroatoms. The fourth-order valence-corrected chi connectivity index (χ4v) is 7.10. The van der Waals surface area contributed by atoms with Crippen LogP contribution >= 0.6 is 0 Å². The largest absolute Gasteiger partial charge is 0.457 e. The third-order valence-electron chi connectivity index (χ3n) is 9.60. The summed E-state index contributed by atoms with van der Waals surface area (Å²) in [6.45, 7) is 6.43. The molecule has 1 saturated carbocycles. The van der Waals surface area contributed by atoms with E-state index in [-0.39, 0.29) is 29.2 Å². The number of nitro groups is 1. The number of piperazine rings is 1. The topological polar surface area (TPSA) is 137 Å². The second-order valence-corrected chi connectivity index (χ2v) is 14.4. The van der Waals surface area contributed by atoms with Gasteiger partial charge in [0.2, 0.25) is 0 Å². The molecule has 0 spiro atoms. The second kappa shape index (κ2) is 15.8. The van der Waals surface area contributed by atoms with Crippen molar-refractivity contribution in [3.63, 3.8) is 0 Å². The van der Waals surface area contributed by atoms with Gasteiger partial charge >= 0.3 is 12.1 Å². The SMILES string of the molecule is CC(C)(C)OC(=O)N1CCN(C(=O)c2ncn([C@H]3CCCCC[C@H]3OC(=O)c3ccc([N+](=O)[O-])cc3)c2-c2ccccc2)[C@H](Cc2ccccc2)C1. The molecule has 2 fully saturated rings. The van der Waals surface area contributed by atoms with E-state index in [9.17, 15) is 24.5 Å². The van der Waals surface area contributed by atoms with Crippen LogP contribution < -0.4 is 0 Å². The normalized spacial score (nSPS) is 19.4. The van der Waals surface area contributed by atoms with Crippen molar-refractivity contribution in [2.24, 2.45) is 0 Å². The molecule has 6 rings (SSSR count). The monoisotopic (exact) mass is 707 g/mol. The maximum atomic E-state index is 14.8. The van der Waals surface area contributed by atoms with Crippen molar-refractivity contribution in [3.05, 3.63) is 118 Å². The molecule has 2 aliphatic rings. The number of hydrogen-bond acceptors (Lipinski definition) is 8. The van der Waals surface area contributed by atoms with Crippen LogP contribution in [0.2, 0.25) is 0 Å². The first-order valence-corrected chi connectivity index (χ1v) is 17.9. The van der Waals surface area contributed by atoms with Gasteiger partial charge in [0.15, 0.2) is 5.69 Å². The number of carbonyl (C=O) groups excluding carboxylic acids is 3. The Balaban J connectivity index is 1.33. The van der Waals surface area contributed by atoms with Gasteiger partial charge in [-0.3, -0.25) is 14.9 Å². The van der Waals surface area contributed by atoms with Crippen LogP contribution in [0.1, 0.15) is 85.3 Å². The van der Waals surface area contributed by atoms with E-state index in [0.717, 1.165) is 30.4 Å². The predicted molar refractivity (Wildman–Crippen MR) is 195 cm³/mol. The van der Waals surface area contributed by atoms with Gasteiger partial charge in [-0.05, 0) is 64.2 Å². The van der Waals surface area contributed by atoms with Crippen molar-refractivity contribution < 1.29 is 28.8 Å². The Labute approximate surface area is 303 Å². The highest BCUT2D eigenvalue weighted by Crippen LogP contribution is 2.36. The van der Waals surface area contributed by atoms with Crippen LogP contribution in [0.4, 0.5) is 10.5 Å². The molecule has 272 valence electrons. The lowest BCUT2D eigenvalue weighted by atomic mass is 10.00. The van der Waals surface area contributed by atoms with Crippen LogP contribution in [-0.2, 0) is 15.9 Å². The van der Waals surface area contributed by atoms with E-state index >= 15 is 0 Å². The first-order valence-electron chi connectivity index (χ1n) is 17.9. The Kier molecular flexibility index (Phi) is 11.0. The van der Waals surface area contributed by atoms with Gasteiger partial charge in [0.05, 0.1) is 34.6 Å². The van der Waals surface area contributed by atoms with E-state index in [2.05, 4.69) is 0 Å². The lowest BCUT2D eigenvalue weighted by Crippen LogP contribution is -2.58. The summed E-state index contributed by atoms with van der Waals surface area (Å²) in [7, 11) is 0. The van der Waals surface area contributed by atoms with E-state index in [0.29, 0.717) is 50.3 Å². The summed E-state index contributed by atoms with van der Waals surface area (Å²) >= 11 is 0. The molecule has 1 saturated heterocycles. The highest BCUT2D eigenvalue weighted by molar-refractivity contribution is 5.98. The molecule has 2 amide bonds. The molecule has 0 N–H and O–H groups in total. The number of hydrogen-bond donors (Lipinski definition) is 0. The highest BCUT2D eigenvalue weighted by Gasteiger charge is 2.38. The van der Waals surface area contributed by atoms with E-state index < -0.39 is 28.7 Å². The second-order valence-electron chi connectivity index (χ2n) is 14.4. The molecule has 52 heavy (non-hydrogen) atoms. The number of nitrogens with zero attached hydrogens (tertiary/aromatic N) is 5. The Bertz CT molecular complexity index is 1870. The van der Waals surface area contributed by atoms with Gasteiger partial charge in [0.25, 0.3) is 11.6 Å². The summed E-state index contributed by atoms with van der Waals surface area (Å²) in [6, 6.07) is 24.3. The molecule has 0 radical (unpaired) electrons. The molecule has 2 heterocycles. The van der Waals surface area contributed by atoms with Crippen molar-refractivity contribution in [2.45, 2.75) is 83.1 Å². The van der Waals surface area contributed by atoms with E-state index in [4.69, 9.17) is 14.5 Å². The third-order valence-corrected chi connectivity index (χ3v) is 9.60. The quantitative estimate of drug-likeness (QED) is 0.0795. The molecule has 12 nitrogen and oxygen atoms in total. The molecule has 1 aromatic heterocycles. The molecule has 3 atom stereocenters. The number of ether oxygens (including phenoxy) is 2. The number of imidazole rings is 1. The number of aromatic nitrogens is 2. The van der Waals surface area contributed by atoms with Crippen molar-refractivity contribution in [3.8, 4) is 11.3 Å². The van der Waals surface area contributed by atoms with Crippen LogP contribution in [0.3, 0.4) is 0 Å². The summed E-state index contributed by atoms with van der Waals surface area (Å²) in [5, 5.41) is 11.2. The van der Waals surface area contributed by atoms with E-state index in [1.54, 1.807) is 11.2 Å². The average molecular weight is 708 g/mol. The third kappa shape index (κ3) is 8.50. The first kappa shape index (κ1) is 36.3. The van der Waals surface area contributed by atoms with Gasteiger partial charge in [-0.25, -0.2) is 14.6 Å². The Morgan fingerprint density at radius 2 is 1.56 bits per heavy atom. The van der Waals surface area contributed by atoms with Crippen LogP contribution in [0.25, 0.3) is 11.3 Å². The first-order chi connectivity index (χ1) is 25.0. The van der Waals surface area contributed by atoms with Gasteiger partial charge in [-0.1, -0.05) is 73.5 Å². The molecule has 0 bridgehead atoms. The standard InChI is InChI=1S/C40H45N5O7/c1-40(2,3)52-39(48)42-23-24-43(32(26-42)25-28-13-7-4-8-14-28)37(46)35-36(29-15-9-5-10-16-29)44(27-41-35)33-17-11-6-12-18-34(33)51-38(47)30-19-21-31(22-20-30)45(49)50/h4-5,7-10,13-16,19-22,27,32-34H,6,11-12,17-18,23-26H2,1-3H3/t32-,33+,34-/m1/s1. The Morgan fingerprint density at radius 1 is 0.885 bits per heavy atom. The average Bonchev–Trinajstić information content (AvgIpc) is 3.44. The fraction of sp³-hybridized carbons (Fsp3) is 0.400. The number of carbonyl (C=O) groups is 3. The van der Waals surface area contributed by atoms with Gasteiger partial charge in [0, 0.05) is 37.3 Å². The van der Waals surface area contributed by atoms with Crippen LogP contribution in [-0.4, -0.2) is 79.6 Å². The number of rotatable bonds is 8. The molecule has 3 aromatic carbocycles. The summed E-state index contributed by atoms with van der Waals surface area (Å²) < 4.78 is 13.8. The fourth-order valence-electron chi connectivity index (χ4n) is 7.10. The lowest BCUT2D eigenvalue weighted by molar-refractivity contribution is -0.384. The Morgan fingerprint density at radius 3 is 2.23 bits per heavy atom. The van der Waals surface area contributed by atoms with Crippen LogP contribution in [0.15, 0.2) is 91.3 Å². The van der Waals surface area contributed by atoms with Crippen LogP contribution in [0, 0.1) is 10.1 Å². The highest BCUT2D eigenvalue weighted by atomic mass is 16.6. The van der Waals surface area contributed by atoms with Crippen molar-refractivity contribution in [2.75, 3.05) is 19.6 Å². The molecule has 0 unspecified atom stereocenters. The van der Waals surface area contributed by atoms with Crippen LogP contribution in [0.5, 0.6) is 0 Å². The number of nitro benzene ring substituents is 1. The minimum absolute atomic E-state index is 0.107. The Hall–Kier alpha value is -5.52. The maximum Gasteiger partial charge on any atom is 0.410 e. The van der Waals surface area contributed by atoms with Gasteiger partial charge in [0.1, 0.15) is 11.7 Å². The lowest BCUT2D eigenvalue weighted by Gasteiger charge is -2.41.